The zero-order valence-corrected chi connectivity index (χ0v) is 12.5. The minimum Gasteiger partial charge on any atom is -0.496 e. The normalized spacial score (nSPS) is 21.3. The van der Waals surface area contributed by atoms with Gasteiger partial charge in [-0.3, -0.25) is 9.59 Å². The number of carbonyl (C=O) groups is 2. The van der Waals surface area contributed by atoms with Crippen molar-refractivity contribution in [3.05, 3.63) is 29.8 Å². The molecule has 1 fully saturated rings. The predicted molar refractivity (Wildman–Crippen MR) is 78.5 cm³/mol. The summed E-state index contributed by atoms with van der Waals surface area (Å²) in [4.78, 5) is 25.8. The first-order valence-corrected chi connectivity index (χ1v) is 7.20. The number of amides is 1. The number of hydrogen-bond donors (Lipinski definition) is 1. The molecule has 1 unspecified atom stereocenters. The van der Waals surface area contributed by atoms with Crippen LogP contribution in [0.3, 0.4) is 0 Å². The minimum absolute atomic E-state index is 0.160. The standard InChI is InChI=1S/C16H21NO4/c1-3-8-16(15(19)20)9-10-17(11-16)14(18)12-6-4-5-7-13(12)21-2/h4-7H,3,8-11H2,1-2H3,(H,19,20). The first-order valence-electron chi connectivity index (χ1n) is 7.20. The molecule has 5 nitrogen and oxygen atoms in total. The molecule has 21 heavy (non-hydrogen) atoms. The molecule has 1 aromatic rings. The van der Waals surface area contributed by atoms with E-state index in [-0.39, 0.29) is 12.5 Å². The maximum Gasteiger partial charge on any atom is 0.311 e. The van der Waals surface area contributed by atoms with E-state index in [2.05, 4.69) is 0 Å². The number of methoxy groups -OCH3 is 1. The first kappa shape index (κ1) is 15.4. The van der Waals surface area contributed by atoms with Crippen molar-refractivity contribution in [3.63, 3.8) is 0 Å². The number of likely N-dealkylation sites (tertiary alicyclic amines) is 1. The van der Waals surface area contributed by atoms with Crippen molar-refractivity contribution in [1.29, 1.82) is 0 Å². The zero-order valence-electron chi connectivity index (χ0n) is 12.5. The molecular weight excluding hydrogens is 270 g/mol. The van der Waals surface area contributed by atoms with Gasteiger partial charge in [-0.15, -0.1) is 0 Å². The summed E-state index contributed by atoms with van der Waals surface area (Å²) in [5, 5.41) is 9.50. The van der Waals surface area contributed by atoms with Crippen molar-refractivity contribution in [2.45, 2.75) is 26.2 Å². The van der Waals surface area contributed by atoms with Crippen LogP contribution in [0.15, 0.2) is 24.3 Å². The smallest absolute Gasteiger partial charge is 0.311 e. The highest BCUT2D eigenvalue weighted by atomic mass is 16.5. The largest absolute Gasteiger partial charge is 0.496 e. The zero-order chi connectivity index (χ0) is 15.5. The number of nitrogens with zero attached hydrogens (tertiary/aromatic N) is 1. The third kappa shape index (κ3) is 2.86. The van der Waals surface area contributed by atoms with E-state index < -0.39 is 11.4 Å². The van der Waals surface area contributed by atoms with Crippen molar-refractivity contribution in [3.8, 4) is 5.75 Å². The molecule has 0 saturated carbocycles. The van der Waals surface area contributed by atoms with Gasteiger partial charge in [-0.25, -0.2) is 0 Å². The van der Waals surface area contributed by atoms with Crippen molar-refractivity contribution in [1.82, 2.24) is 4.90 Å². The minimum atomic E-state index is -0.806. The quantitative estimate of drug-likeness (QED) is 0.904. The van der Waals surface area contributed by atoms with Gasteiger partial charge in [0, 0.05) is 13.1 Å². The monoisotopic (exact) mass is 291 g/mol. The van der Waals surface area contributed by atoms with E-state index in [0.29, 0.717) is 30.7 Å². The Labute approximate surface area is 124 Å². The van der Waals surface area contributed by atoms with Crippen LogP contribution in [-0.2, 0) is 4.79 Å². The van der Waals surface area contributed by atoms with Crippen LogP contribution < -0.4 is 4.74 Å². The van der Waals surface area contributed by atoms with Gasteiger partial charge in [-0.2, -0.15) is 0 Å². The summed E-state index contributed by atoms with van der Waals surface area (Å²) in [6, 6.07) is 7.03. The van der Waals surface area contributed by atoms with Gasteiger partial charge in [0.25, 0.3) is 5.91 Å². The highest BCUT2D eigenvalue weighted by Crippen LogP contribution is 2.36. The van der Waals surface area contributed by atoms with Crippen LogP contribution in [0.25, 0.3) is 0 Å². The molecule has 1 aliphatic heterocycles. The van der Waals surface area contributed by atoms with Crippen molar-refractivity contribution in [2.24, 2.45) is 5.41 Å². The van der Waals surface area contributed by atoms with Crippen molar-refractivity contribution in [2.75, 3.05) is 20.2 Å². The molecule has 114 valence electrons. The number of ether oxygens (including phenoxy) is 1. The second kappa shape index (κ2) is 6.16. The molecule has 1 heterocycles. The van der Waals surface area contributed by atoms with Crippen LogP contribution in [0, 0.1) is 5.41 Å². The second-order valence-electron chi connectivity index (χ2n) is 5.51. The maximum atomic E-state index is 12.6. The number of carbonyl (C=O) groups excluding carboxylic acids is 1. The van der Waals surface area contributed by atoms with E-state index in [9.17, 15) is 14.7 Å². The summed E-state index contributed by atoms with van der Waals surface area (Å²) < 4.78 is 5.21. The number of hydrogen-bond acceptors (Lipinski definition) is 3. The summed E-state index contributed by atoms with van der Waals surface area (Å²) in [5.74, 6) is -0.447. The molecule has 1 saturated heterocycles. The molecule has 0 radical (unpaired) electrons. The van der Waals surface area contributed by atoms with E-state index in [1.54, 1.807) is 29.2 Å². The highest BCUT2D eigenvalue weighted by molar-refractivity contribution is 5.97. The highest BCUT2D eigenvalue weighted by Gasteiger charge is 2.45. The first-order chi connectivity index (χ1) is 10.0. The Hall–Kier alpha value is -2.04. The second-order valence-corrected chi connectivity index (χ2v) is 5.51. The van der Waals surface area contributed by atoms with Gasteiger partial charge in [0.05, 0.1) is 18.1 Å². The summed E-state index contributed by atoms with van der Waals surface area (Å²) in [5.41, 5.74) is -0.315. The molecule has 0 bridgehead atoms. The molecule has 2 rings (SSSR count). The van der Waals surface area contributed by atoms with Crippen LogP contribution >= 0.6 is 0 Å². The Kier molecular flexibility index (Phi) is 4.50. The van der Waals surface area contributed by atoms with Gasteiger partial charge in [0.2, 0.25) is 0 Å². The summed E-state index contributed by atoms with van der Waals surface area (Å²) >= 11 is 0. The van der Waals surface area contributed by atoms with Crippen LogP contribution in [-0.4, -0.2) is 42.1 Å². The lowest BCUT2D eigenvalue weighted by Crippen LogP contribution is -2.37. The summed E-state index contributed by atoms with van der Waals surface area (Å²) in [7, 11) is 1.52. The molecule has 1 N–H and O–H groups in total. The number of para-hydroxylation sites is 1. The van der Waals surface area contributed by atoms with Gasteiger partial charge in [-0.05, 0) is 25.0 Å². The summed E-state index contributed by atoms with van der Waals surface area (Å²) in [6.45, 7) is 2.71. The Morgan fingerprint density at radius 1 is 1.38 bits per heavy atom. The number of aliphatic carboxylic acids is 1. The Bertz CT molecular complexity index is 543. The average Bonchev–Trinajstić information content (AvgIpc) is 2.92. The molecule has 1 aliphatic rings. The van der Waals surface area contributed by atoms with Crippen LogP contribution in [0.2, 0.25) is 0 Å². The fourth-order valence-electron chi connectivity index (χ4n) is 3.00. The number of benzene rings is 1. The summed E-state index contributed by atoms with van der Waals surface area (Å²) in [6.07, 6.45) is 1.90. The topological polar surface area (TPSA) is 66.8 Å². The molecule has 0 spiro atoms. The van der Waals surface area contributed by atoms with Gasteiger partial charge in [0.1, 0.15) is 5.75 Å². The van der Waals surface area contributed by atoms with E-state index in [1.165, 1.54) is 7.11 Å². The van der Waals surface area contributed by atoms with Crippen LogP contribution in [0.4, 0.5) is 0 Å². The van der Waals surface area contributed by atoms with E-state index >= 15 is 0 Å². The predicted octanol–water partition coefficient (Wildman–Crippen LogP) is 2.41. The third-order valence-corrected chi connectivity index (χ3v) is 4.16. The fraction of sp³-hybridized carbons (Fsp3) is 0.500. The molecule has 1 amide bonds. The van der Waals surface area contributed by atoms with Gasteiger partial charge >= 0.3 is 5.97 Å². The van der Waals surface area contributed by atoms with Gasteiger partial charge in [-0.1, -0.05) is 25.5 Å². The molecule has 1 atom stereocenters. The Balaban J connectivity index is 2.20. The van der Waals surface area contributed by atoms with Gasteiger partial charge in [0.15, 0.2) is 0 Å². The molecular formula is C16H21NO4. The van der Waals surface area contributed by atoms with Crippen molar-refractivity contribution < 1.29 is 19.4 Å². The fourth-order valence-corrected chi connectivity index (χ4v) is 3.00. The number of rotatable bonds is 5. The van der Waals surface area contributed by atoms with Gasteiger partial charge < -0.3 is 14.7 Å². The average molecular weight is 291 g/mol. The molecule has 0 aliphatic carbocycles. The van der Waals surface area contributed by atoms with E-state index in [1.807, 2.05) is 6.92 Å². The van der Waals surface area contributed by atoms with Crippen molar-refractivity contribution >= 4 is 11.9 Å². The van der Waals surface area contributed by atoms with E-state index in [0.717, 1.165) is 6.42 Å². The molecule has 0 aromatic heterocycles. The Morgan fingerprint density at radius 3 is 2.71 bits per heavy atom. The molecule has 1 aromatic carbocycles. The molecule has 5 heteroatoms. The van der Waals surface area contributed by atoms with E-state index in [4.69, 9.17) is 4.74 Å². The van der Waals surface area contributed by atoms with Crippen LogP contribution in [0.5, 0.6) is 5.75 Å². The number of carboxylic acids is 1. The lowest BCUT2D eigenvalue weighted by atomic mass is 9.83. The number of carboxylic acid groups (broad SMARTS) is 1. The Morgan fingerprint density at radius 2 is 2.10 bits per heavy atom. The maximum absolute atomic E-state index is 12.6. The van der Waals surface area contributed by atoms with Crippen LogP contribution in [0.1, 0.15) is 36.5 Å². The SMILES string of the molecule is CCCC1(C(=O)O)CCN(C(=O)c2ccccc2OC)C1. The lowest BCUT2D eigenvalue weighted by Gasteiger charge is -2.24. The lowest BCUT2D eigenvalue weighted by molar-refractivity contribution is -0.148. The third-order valence-electron chi connectivity index (χ3n) is 4.16.